The van der Waals surface area contributed by atoms with Gasteiger partial charge >= 0.3 is 0 Å². The third-order valence-corrected chi connectivity index (χ3v) is 11.6. The van der Waals surface area contributed by atoms with Crippen LogP contribution in [0, 0.1) is 40.4 Å². The highest BCUT2D eigenvalue weighted by molar-refractivity contribution is 5.28. The van der Waals surface area contributed by atoms with Gasteiger partial charge in [0.2, 0.25) is 0 Å². The molecule has 0 aromatic carbocycles. The van der Waals surface area contributed by atoms with Crippen LogP contribution in [0.3, 0.4) is 0 Å². The van der Waals surface area contributed by atoms with Gasteiger partial charge in [-0.15, -0.1) is 0 Å². The number of ether oxygens (including phenoxy) is 2. The van der Waals surface area contributed by atoms with E-state index < -0.39 is 11.4 Å². The van der Waals surface area contributed by atoms with Crippen molar-refractivity contribution in [3.05, 3.63) is 11.6 Å². The van der Waals surface area contributed by atoms with E-state index in [1.165, 1.54) is 12.0 Å². The lowest BCUT2D eigenvalue weighted by atomic mass is 9.46. The minimum absolute atomic E-state index is 0.0131. The quantitative estimate of drug-likeness (QED) is 0.541. The molecule has 11 atom stereocenters. The van der Waals surface area contributed by atoms with Gasteiger partial charge in [0.1, 0.15) is 5.60 Å². The average molecular weight is 431 g/mol. The molecule has 4 aliphatic carbocycles. The van der Waals surface area contributed by atoms with Gasteiger partial charge in [-0.25, -0.2) is 0 Å². The summed E-state index contributed by atoms with van der Waals surface area (Å²) in [5.74, 6) is 1.81. The monoisotopic (exact) mass is 430 g/mol. The molecular weight excluding hydrogens is 388 g/mol. The highest BCUT2D eigenvalue weighted by Crippen LogP contribution is 2.72. The summed E-state index contributed by atoms with van der Waals surface area (Å²) in [4.78, 5) is 0. The molecule has 0 aromatic heterocycles. The molecule has 0 radical (unpaired) electrons. The lowest BCUT2D eigenvalue weighted by Gasteiger charge is -2.59. The van der Waals surface area contributed by atoms with Crippen molar-refractivity contribution in [1.82, 2.24) is 0 Å². The van der Waals surface area contributed by atoms with Crippen LogP contribution in [0.5, 0.6) is 0 Å². The van der Waals surface area contributed by atoms with Crippen LogP contribution in [0.1, 0.15) is 85.5 Å². The molecule has 5 fully saturated rings. The fraction of sp³-hybridized carbons (Fsp3) is 0.926. The summed E-state index contributed by atoms with van der Waals surface area (Å²) >= 11 is 0. The Hall–Kier alpha value is -0.420. The summed E-state index contributed by atoms with van der Waals surface area (Å²) in [6, 6.07) is 0. The van der Waals surface area contributed by atoms with E-state index in [4.69, 9.17) is 9.47 Å². The molecule has 0 amide bonds. The Morgan fingerprint density at radius 2 is 1.84 bits per heavy atom. The minimum atomic E-state index is -0.795. The molecular formula is C27H42O4. The van der Waals surface area contributed by atoms with Gasteiger partial charge in [0.25, 0.3) is 0 Å². The van der Waals surface area contributed by atoms with E-state index in [9.17, 15) is 10.2 Å². The van der Waals surface area contributed by atoms with Crippen LogP contribution in [-0.4, -0.2) is 40.4 Å². The smallest absolute Gasteiger partial charge is 0.174 e. The summed E-state index contributed by atoms with van der Waals surface area (Å²) in [7, 11) is 0. The van der Waals surface area contributed by atoms with Crippen molar-refractivity contribution < 1.29 is 19.7 Å². The number of aliphatic hydroxyl groups excluding tert-OH is 1. The Bertz CT molecular complexity index is 784. The maximum Gasteiger partial charge on any atom is 0.174 e. The Kier molecular flexibility index (Phi) is 4.49. The van der Waals surface area contributed by atoms with Crippen LogP contribution in [0.2, 0.25) is 0 Å². The highest BCUT2D eigenvalue weighted by atomic mass is 16.7. The second-order valence-corrected chi connectivity index (χ2v) is 12.8. The van der Waals surface area contributed by atoms with Gasteiger partial charge < -0.3 is 19.7 Å². The topological polar surface area (TPSA) is 58.9 Å². The second-order valence-electron chi connectivity index (χ2n) is 12.8. The standard InChI is InChI=1S/C27H42O4/c1-16-7-12-26(30-15-16)17(2)27(29)23(31-26)14-22-20-6-5-18-13-19(28)8-10-24(18,3)21(20)9-11-25(22,27)4/h5,16-17,19-23,28-29H,6-15H2,1-4H3/t16?,17-,19+,20?,21?,22?,23?,24+,25+,26-,27-/m1/s1. The SMILES string of the molecule is CC1CC[C@@]2(OC1)OC1CC3C4CC=C5C[C@@H](O)CC[C@]5(C)C4CC[C@]3(C)[C@@]1(O)[C@@H]2C. The first kappa shape index (κ1) is 21.1. The molecule has 2 N–H and O–H groups in total. The molecule has 31 heavy (non-hydrogen) atoms. The van der Waals surface area contributed by atoms with Crippen molar-refractivity contribution in [3.63, 3.8) is 0 Å². The van der Waals surface area contributed by atoms with Gasteiger partial charge in [-0.3, -0.25) is 0 Å². The van der Waals surface area contributed by atoms with Crippen LogP contribution >= 0.6 is 0 Å². The molecule has 0 aromatic rings. The third-order valence-electron chi connectivity index (χ3n) is 11.6. The maximum atomic E-state index is 12.4. The number of rotatable bonds is 0. The van der Waals surface area contributed by atoms with Gasteiger partial charge in [0.15, 0.2) is 5.79 Å². The van der Waals surface area contributed by atoms with Gasteiger partial charge in [0.05, 0.1) is 18.8 Å². The molecule has 4 nitrogen and oxygen atoms in total. The Morgan fingerprint density at radius 3 is 2.58 bits per heavy atom. The molecule has 1 spiro atoms. The van der Waals surface area contributed by atoms with Gasteiger partial charge in [0, 0.05) is 17.8 Å². The third kappa shape index (κ3) is 2.52. The van der Waals surface area contributed by atoms with E-state index in [0.29, 0.717) is 23.7 Å². The molecule has 3 saturated carbocycles. The predicted octanol–water partition coefficient (Wildman–Crippen LogP) is 4.83. The van der Waals surface area contributed by atoms with Crippen molar-refractivity contribution in [1.29, 1.82) is 0 Å². The molecule has 2 saturated heterocycles. The first-order valence-electron chi connectivity index (χ1n) is 13.1. The van der Waals surface area contributed by atoms with Crippen LogP contribution in [-0.2, 0) is 9.47 Å². The van der Waals surface area contributed by atoms with Gasteiger partial charge in [-0.05, 0) is 80.5 Å². The molecule has 4 heteroatoms. The van der Waals surface area contributed by atoms with Crippen LogP contribution < -0.4 is 0 Å². The molecule has 6 rings (SSSR count). The number of aliphatic hydroxyl groups is 2. The normalized spacial score (nSPS) is 60.7. The Morgan fingerprint density at radius 1 is 1.03 bits per heavy atom. The average Bonchev–Trinajstić information content (AvgIpc) is 3.09. The van der Waals surface area contributed by atoms with Crippen molar-refractivity contribution in [3.8, 4) is 0 Å². The zero-order valence-electron chi connectivity index (χ0n) is 19.9. The Balaban J connectivity index is 1.32. The number of fused-ring (bicyclic) bond motifs is 7. The van der Waals surface area contributed by atoms with Crippen LogP contribution in [0.4, 0.5) is 0 Å². The van der Waals surface area contributed by atoms with Crippen LogP contribution in [0.15, 0.2) is 11.6 Å². The zero-order valence-corrected chi connectivity index (χ0v) is 19.9. The summed E-state index contributed by atoms with van der Waals surface area (Å²) in [5.41, 5.74) is 0.849. The van der Waals surface area contributed by atoms with Crippen LogP contribution in [0.25, 0.3) is 0 Å². The molecule has 0 bridgehead atoms. The van der Waals surface area contributed by atoms with E-state index in [-0.39, 0.29) is 29.0 Å². The highest BCUT2D eigenvalue weighted by Gasteiger charge is 2.76. The van der Waals surface area contributed by atoms with Gasteiger partial charge in [-0.2, -0.15) is 0 Å². The van der Waals surface area contributed by atoms with E-state index in [1.807, 2.05) is 0 Å². The van der Waals surface area contributed by atoms with E-state index in [2.05, 4.69) is 33.8 Å². The fourth-order valence-electron chi connectivity index (χ4n) is 9.58. The molecule has 174 valence electrons. The fourth-order valence-corrected chi connectivity index (χ4v) is 9.58. The lowest BCUT2D eigenvalue weighted by molar-refractivity contribution is -0.274. The Labute approximate surface area is 187 Å². The maximum absolute atomic E-state index is 12.4. The molecule has 5 unspecified atom stereocenters. The summed E-state index contributed by atoms with van der Waals surface area (Å²) in [6.07, 6.45) is 11.5. The molecule has 6 aliphatic rings. The molecule has 2 heterocycles. The lowest BCUT2D eigenvalue weighted by Crippen LogP contribution is -2.59. The van der Waals surface area contributed by atoms with Gasteiger partial charge in [-0.1, -0.05) is 39.3 Å². The molecule has 2 aliphatic heterocycles. The predicted molar refractivity (Wildman–Crippen MR) is 119 cm³/mol. The van der Waals surface area contributed by atoms with E-state index >= 15 is 0 Å². The van der Waals surface area contributed by atoms with Crippen molar-refractivity contribution in [2.24, 2.45) is 40.4 Å². The summed E-state index contributed by atoms with van der Waals surface area (Å²) < 4.78 is 13.1. The first-order chi connectivity index (χ1) is 14.6. The second kappa shape index (κ2) is 6.58. The van der Waals surface area contributed by atoms with E-state index in [1.54, 1.807) is 0 Å². The zero-order chi connectivity index (χ0) is 21.8. The van der Waals surface area contributed by atoms with Crippen molar-refractivity contribution >= 4 is 0 Å². The number of hydrogen-bond donors (Lipinski definition) is 2. The summed E-state index contributed by atoms with van der Waals surface area (Å²) in [6.45, 7) is 10.1. The first-order valence-corrected chi connectivity index (χ1v) is 13.1. The van der Waals surface area contributed by atoms with Crippen molar-refractivity contribution in [2.45, 2.75) is 109 Å². The van der Waals surface area contributed by atoms with Crippen molar-refractivity contribution in [2.75, 3.05) is 6.61 Å². The minimum Gasteiger partial charge on any atom is -0.393 e. The van der Waals surface area contributed by atoms with E-state index in [0.717, 1.165) is 58.0 Å². The summed E-state index contributed by atoms with van der Waals surface area (Å²) in [5, 5.41) is 22.7. The number of hydrogen-bond acceptors (Lipinski definition) is 4. The number of allylic oxidation sites excluding steroid dienone is 1. The largest absolute Gasteiger partial charge is 0.393 e.